The van der Waals surface area contributed by atoms with E-state index in [1.807, 2.05) is 30.3 Å². The minimum Gasteiger partial charge on any atom is -0.478 e. The van der Waals surface area contributed by atoms with Gasteiger partial charge in [0.2, 0.25) is 0 Å². The summed E-state index contributed by atoms with van der Waals surface area (Å²) in [5.41, 5.74) is 1.79. The molecule has 1 aromatic heterocycles. The standard InChI is InChI=1S/C19H17ClN2O3/c20-18(13-7-8-13)25-14-4-1-3-12(9-14)11-22-17-6-2-5-15(19(23)24)16(17)10-21-22/h1-6,9-10,13,18H,7-8,11H2,(H,23,24). The lowest BCUT2D eigenvalue weighted by molar-refractivity contribution is 0.0699. The van der Waals surface area contributed by atoms with Crippen molar-refractivity contribution in [2.45, 2.75) is 24.9 Å². The van der Waals surface area contributed by atoms with Gasteiger partial charge in [-0.25, -0.2) is 4.79 Å². The van der Waals surface area contributed by atoms with E-state index in [9.17, 15) is 9.90 Å². The Bertz CT molecular complexity index is 933. The molecule has 0 bridgehead atoms. The van der Waals surface area contributed by atoms with Gasteiger partial charge in [-0.1, -0.05) is 29.8 Å². The maximum Gasteiger partial charge on any atom is 0.336 e. The minimum absolute atomic E-state index is 0.259. The number of hydrogen-bond acceptors (Lipinski definition) is 3. The number of rotatable bonds is 6. The minimum atomic E-state index is -0.950. The van der Waals surface area contributed by atoms with Gasteiger partial charge in [0.15, 0.2) is 5.56 Å². The molecule has 1 N–H and O–H groups in total. The molecule has 0 saturated heterocycles. The number of aromatic carboxylic acids is 1. The molecule has 1 atom stereocenters. The summed E-state index contributed by atoms with van der Waals surface area (Å²) < 4.78 is 7.59. The van der Waals surface area contributed by atoms with Crippen LogP contribution in [0.3, 0.4) is 0 Å². The van der Waals surface area contributed by atoms with E-state index in [2.05, 4.69) is 5.10 Å². The molecule has 1 fully saturated rings. The quantitative estimate of drug-likeness (QED) is 0.674. The molecular formula is C19H17ClN2O3. The number of carboxylic acid groups (broad SMARTS) is 1. The van der Waals surface area contributed by atoms with Crippen molar-refractivity contribution in [3.8, 4) is 5.75 Å². The fourth-order valence-electron chi connectivity index (χ4n) is 2.89. The van der Waals surface area contributed by atoms with Crippen molar-refractivity contribution in [3.05, 3.63) is 59.8 Å². The SMILES string of the molecule is O=C(O)c1cccc2c1cnn2Cc1cccc(OC(Cl)C2CC2)c1. The molecule has 0 radical (unpaired) electrons. The highest BCUT2D eigenvalue weighted by Gasteiger charge is 2.31. The number of carbonyl (C=O) groups is 1. The number of carboxylic acids is 1. The number of fused-ring (bicyclic) bond motifs is 1. The number of benzene rings is 2. The maximum atomic E-state index is 11.3. The van der Waals surface area contributed by atoms with E-state index >= 15 is 0 Å². The third kappa shape index (κ3) is 3.33. The third-order valence-electron chi connectivity index (χ3n) is 4.39. The fraction of sp³-hybridized carbons (Fsp3) is 0.263. The second-order valence-corrected chi connectivity index (χ2v) is 6.73. The average molecular weight is 357 g/mol. The van der Waals surface area contributed by atoms with Crippen LogP contribution < -0.4 is 4.74 Å². The first-order valence-corrected chi connectivity index (χ1v) is 8.63. The van der Waals surface area contributed by atoms with Crippen LogP contribution in [0.4, 0.5) is 0 Å². The Balaban J connectivity index is 1.59. The molecule has 25 heavy (non-hydrogen) atoms. The molecule has 3 aromatic rings. The Labute approximate surface area is 149 Å². The normalized spacial score (nSPS) is 15.2. The highest BCUT2D eigenvalue weighted by atomic mass is 35.5. The highest BCUT2D eigenvalue weighted by molar-refractivity contribution is 6.20. The summed E-state index contributed by atoms with van der Waals surface area (Å²) in [6.07, 6.45) is 3.85. The van der Waals surface area contributed by atoms with Gasteiger partial charge in [0, 0.05) is 11.3 Å². The summed E-state index contributed by atoms with van der Waals surface area (Å²) in [4.78, 5) is 11.3. The average Bonchev–Trinajstić information content (AvgIpc) is 3.37. The topological polar surface area (TPSA) is 64.3 Å². The van der Waals surface area contributed by atoms with E-state index in [-0.39, 0.29) is 11.1 Å². The molecule has 1 aliphatic carbocycles. The van der Waals surface area contributed by atoms with Crippen LogP contribution in [0.25, 0.3) is 10.9 Å². The van der Waals surface area contributed by atoms with E-state index in [0.29, 0.717) is 17.8 Å². The Kier molecular flexibility index (Phi) is 4.09. The van der Waals surface area contributed by atoms with Gasteiger partial charge in [0.25, 0.3) is 0 Å². The van der Waals surface area contributed by atoms with Gasteiger partial charge in [-0.05, 0) is 42.7 Å². The van der Waals surface area contributed by atoms with Crippen LogP contribution in [-0.4, -0.2) is 26.4 Å². The first-order chi connectivity index (χ1) is 12.1. The van der Waals surface area contributed by atoms with Gasteiger partial charge in [0.05, 0.1) is 23.8 Å². The van der Waals surface area contributed by atoms with E-state index < -0.39 is 5.97 Å². The first-order valence-electron chi connectivity index (χ1n) is 8.19. The summed E-state index contributed by atoms with van der Waals surface area (Å²) in [6, 6.07) is 13.0. The summed E-state index contributed by atoms with van der Waals surface area (Å²) in [5, 5.41) is 14.3. The van der Waals surface area contributed by atoms with Crippen molar-refractivity contribution in [1.29, 1.82) is 0 Å². The highest BCUT2D eigenvalue weighted by Crippen LogP contribution is 2.36. The smallest absolute Gasteiger partial charge is 0.336 e. The fourth-order valence-corrected chi connectivity index (χ4v) is 3.25. The molecule has 0 amide bonds. The number of ether oxygens (including phenoxy) is 1. The second-order valence-electron chi connectivity index (χ2n) is 6.30. The Morgan fingerprint density at radius 1 is 1.32 bits per heavy atom. The predicted molar refractivity (Wildman–Crippen MR) is 95.2 cm³/mol. The summed E-state index contributed by atoms with van der Waals surface area (Å²) in [5.74, 6) is 0.246. The molecule has 6 heteroatoms. The van der Waals surface area contributed by atoms with Crippen LogP contribution in [0, 0.1) is 5.92 Å². The first kappa shape index (κ1) is 16.0. The lowest BCUT2D eigenvalue weighted by Gasteiger charge is -2.13. The van der Waals surface area contributed by atoms with Crippen LogP contribution in [0.15, 0.2) is 48.7 Å². The largest absolute Gasteiger partial charge is 0.478 e. The van der Waals surface area contributed by atoms with Crippen LogP contribution in [0.2, 0.25) is 0 Å². The lowest BCUT2D eigenvalue weighted by atomic mass is 10.1. The van der Waals surface area contributed by atoms with Crippen LogP contribution in [0.5, 0.6) is 5.75 Å². The zero-order chi connectivity index (χ0) is 17.4. The molecule has 1 aliphatic rings. The maximum absolute atomic E-state index is 11.3. The number of halogens is 1. The molecule has 128 valence electrons. The van der Waals surface area contributed by atoms with Crippen molar-refractivity contribution < 1.29 is 14.6 Å². The van der Waals surface area contributed by atoms with Crippen LogP contribution in [0.1, 0.15) is 28.8 Å². The molecule has 5 nitrogen and oxygen atoms in total. The van der Waals surface area contributed by atoms with Crippen LogP contribution in [-0.2, 0) is 6.54 Å². The molecule has 1 saturated carbocycles. The third-order valence-corrected chi connectivity index (χ3v) is 4.84. The molecule has 0 spiro atoms. The number of aromatic nitrogens is 2. The van der Waals surface area contributed by atoms with Crippen LogP contribution >= 0.6 is 11.6 Å². The van der Waals surface area contributed by atoms with E-state index in [1.165, 1.54) is 0 Å². The van der Waals surface area contributed by atoms with Gasteiger partial charge in [-0.3, -0.25) is 4.68 Å². The summed E-state index contributed by atoms with van der Waals surface area (Å²) >= 11 is 6.24. The number of alkyl halides is 1. The molecule has 2 aromatic carbocycles. The zero-order valence-corrected chi connectivity index (χ0v) is 14.2. The second kappa shape index (κ2) is 6.41. The molecule has 1 heterocycles. The zero-order valence-electron chi connectivity index (χ0n) is 13.4. The molecule has 4 rings (SSSR count). The lowest BCUT2D eigenvalue weighted by Crippen LogP contribution is -2.11. The van der Waals surface area contributed by atoms with Gasteiger partial charge in [0.1, 0.15) is 5.75 Å². The van der Waals surface area contributed by atoms with E-state index in [0.717, 1.165) is 29.7 Å². The van der Waals surface area contributed by atoms with E-state index in [1.54, 1.807) is 23.0 Å². The van der Waals surface area contributed by atoms with Gasteiger partial charge < -0.3 is 9.84 Å². The Morgan fingerprint density at radius 3 is 2.88 bits per heavy atom. The van der Waals surface area contributed by atoms with Crippen molar-refractivity contribution in [2.24, 2.45) is 5.92 Å². The van der Waals surface area contributed by atoms with Gasteiger partial charge in [-0.15, -0.1) is 0 Å². The van der Waals surface area contributed by atoms with Crippen molar-refractivity contribution >= 4 is 28.5 Å². The number of hydrogen-bond donors (Lipinski definition) is 1. The molecule has 1 unspecified atom stereocenters. The molecular weight excluding hydrogens is 340 g/mol. The van der Waals surface area contributed by atoms with Crippen molar-refractivity contribution in [3.63, 3.8) is 0 Å². The predicted octanol–water partition coefficient (Wildman–Crippen LogP) is 4.14. The monoisotopic (exact) mass is 356 g/mol. The number of nitrogens with zero attached hydrogens (tertiary/aromatic N) is 2. The van der Waals surface area contributed by atoms with Gasteiger partial charge in [-0.2, -0.15) is 5.10 Å². The van der Waals surface area contributed by atoms with E-state index in [4.69, 9.17) is 16.3 Å². The van der Waals surface area contributed by atoms with Crippen molar-refractivity contribution in [1.82, 2.24) is 9.78 Å². The summed E-state index contributed by atoms with van der Waals surface area (Å²) in [6.45, 7) is 0.528. The van der Waals surface area contributed by atoms with Gasteiger partial charge >= 0.3 is 5.97 Å². The van der Waals surface area contributed by atoms with Crippen molar-refractivity contribution in [2.75, 3.05) is 0 Å². The Hall–Kier alpha value is -2.53. The summed E-state index contributed by atoms with van der Waals surface area (Å²) in [7, 11) is 0. The molecule has 0 aliphatic heterocycles. The Morgan fingerprint density at radius 2 is 2.12 bits per heavy atom.